The van der Waals surface area contributed by atoms with Crippen molar-refractivity contribution in [2.24, 2.45) is 0 Å². The number of nitrogens with one attached hydrogen (secondary N) is 2. The van der Waals surface area contributed by atoms with Crippen molar-refractivity contribution in [2.75, 3.05) is 27.2 Å². The fourth-order valence-electron chi connectivity index (χ4n) is 2.41. The van der Waals surface area contributed by atoms with Gasteiger partial charge < -0.3 is 15.5 Å². The highest BCUT2D eigenvalue weighted by Gasteiger charge is 2.41. The van der Waals surface area contributed by atoms with Crippen molar-refractivity contribution in [1.29, 1.82) is 0 Å². The molecule has 8 nitrogen and oxygen atoms in total. The summed E-state index contributed by atoms with van der Waals surface area (Å²) < 4.78 is 12.8. The average molecular weight is 350 g/mol. The van der Waals surface area contributed by atoms with Crippen LogP contribution in [0.25, 0.3) is 0 Å². The van der Waals surface area contributed by atoms with Crippen LogP contribution >= 0.6 is 0 Å². The molecule has 1 heterocycles. The monoisotopic (exact) mass is 350 g/mol. The minimum atomic E-state index is -0.814. The van der Waals surface area contributed by atoms with Crippen LogP contribution in [-0.2, 0) is 9.59 Å². The Morgan fingerprint density at radius 2 is 1.68 bits per heavy atom. The minimum Gasteiger partial charge on any atom is -0.354 e. The topological polar surface area (TPSA) is 98.8 Å². The number of likely N-dealkylation sites (N-methyl/N-ethyl adjacent to an activating group) is 2. The van der Waals surface area contributed by atoms with Gasteiger partial charge in [0.15, 0.2) is 0 Å². The van der Waals surface area contributed by atoms with E-state index in [9.17, 15) is 23.6 Å². The maximum atomic E-state index is 12.8. The highest BCUT2D eigenvalue weighted by atomic mass is 19.1. The second-order valence-electron chi connectivity index (χ2n) is 5.62. The fraction of sp³-hybridized carbons (Fsp3) is 0.375. The van der Waals surface area contributed by atoms with Gasteiger partial charge in [0.25, 0.3) is 11.8 Å². The van der Waals surface area contributed by atoms with Gasteiger partial charge in [0, 0.05) is 32.7 Å². The SMILES string of the molecule is CN1C(=O)C(CC(=O)NCCNC(=O)c2ccc(F)cc2)N(C)C1=O. The molecular weight excluding hydrogens is 331 g/mol. The number of rotatable bonds is 6. The Labute approximate surface area is 144 Å². The molecule has 2 rings (SSSR count). The highest BCUT2D eigenvalue weighted by Crippen LogP contribution is 2.16. The molecule has 0 bridgehead atoms. The molecule has 1 aliphatic rings. The lowest BCUT2D eigenvalue weighted by molar-refractivity contribution is -0.131. The van der Waals surface area contributed by atoms with Gasteiger partial charge >= 0.3 is 6.03 Å². The largest absolute Gasteiger partial charge is 0.354 e. The van der Waals surface area contributed by atoms with Crippen molar-refractivity contribution in [1.82, 2.24) is 20.4 Å². The number of hydrogen-bond donors (Lipinski definition) is 2. The molecule has 0 saturated carbocycles. The third kappa shape index (κ3) is 4.31. The molecule has 2 N–H and O–H groups in total. The van der Waals surface area contributed by atoms with Crippen LogP contribution in [0.15, 0.2) is 24.3 Å². The summed E-state index contributed by atoms with van der Waals surface area (Å²) in [6.45, 7) is 0.343. The summed E-state index contributed by atoms with van der Waals surface area (Å²) in [6.07, 6.45) is -0.142. The molecule has 1 aromatic rings. The number of nitrogens with zero attached hydrogens (tertiary/aromatic N) is 2. The minimum absolute atomic E-state index is 0.142. The van der Waals surface area contributed by atoms with Crippen LogP contribution in [0.1, 0.15) is 16.8 Å². The van der Waals surface area contributed by atoms with E-state index >= 15 is 0 Å². The number of urea groups is 1. The maximum Gasteiger partial charge on any atom is 0.326 e. The van der Waals surface area contributed by atoms with E-state index in [1.165, 1.54) is 43.3 Å². The van der Waals surface area contributed by atoms with Gasteiger partial charge in [-0.1, -0.05) is 0 Å². The van der Waals surface area contributed by atoms with E-state index in [0.29, 0.717) is 5.56 Å². The fourth-order valence-corrected chi connectivity index (χ4v) is 2.41. The first-order valence-corrected chi connectivity index (χ1v) is 7.66. The maximum absolute atomic E-state index is 12.8. The molecule has 1 aromatic carbocycles. The van der Waals surface area contributed by atoms with Crippen LogP contribution in [0.3, 0.4) is 0 Å². The number of amides is 5. The molecule has 1 unspecified atom stereocenters. The summed E-state index contributed by atoms with van der Waals surface area (Å²) in [4.78, 5) is 49.4. The Morgan fingerprint density at radius 1 is 1.08 bits per heavy atom. The van der Waals surface area contributed by atoms with Crippen LogP contribution in [0.2, 0.25) is 0 Å². The molecule has 9 heteroatoms. The predicted octanol–water partition coefficient (Wildman–Crippen LogP) is -0.0458. The first-order valence-electron chi connectivity index (χ1n) is 7.66. The van der Waals surface area contributed by atoms with Gasteiger partial charge in [0.1, 0.15) is 11.9 Å². The number of imide groups is 1. The van der Waals surface area contributed by atoms with Crippen LogP contribution in [-0.4, -0.2) is 66.8 Å². The van der Waals surface area contributed by atoms with Crippen molar-refractivity contribution in [3.05, 3.63) is 35.6 Å². The highest BCUT2D eigenvalue weighted by molar-refractivity contribution is 6.05. The molecule has 0 spiro atoms. The van der Waals surface area contributed by atoms with Crippen molar-refractivity contribution < 1.29 is 23.6 Å². The molecule has 0 aromatic heterocycles. The van der Waals surface area contributed by atoms with Crippen LogP contribution < -0.4 is 10.6 Å². The van der Waals surface area contributed by atoms with Crippen LogP contribution in [0.4, 0.5) is 9.18 Å². The van der Waals surface area contributed by atoms with Gasteiger partial charge in [-0.3, -0.25) is 19.3 Å². The summed E-state index contributed by atoms with van der Waals surface area (Å²) >= 11 is 0. The molecule has 0 radical (unpaired) electrons. The van der Waals surface area contributed by atoms with Crippen molar-refractivity contribution in [2.45, 2.75) is 12.5 Å². The molecular formula is C16H19FN4O4. The third-order valence-electron chi connectivity index (χ3n) is 3.89. The van der Waals surface area contributed by atoms with Crippen molar-refractivity contribution in [3.63, 3.8) is 0 Å². The Morgan fingerprint density at radius 3 is 2.24 bits per heavy atom. The van der Waals surface area contributed by atoms with Crippen molar-refractivity contribution >= 4 is 23.8 Å². The third-order valence-corrected chi connectivity index (χ3v) is 3.89. The number of carbonyl (C=O) groups is 4. The molecule has 5 amide bonds. The molecule has 1 aliphatic heterocycles. The first-order chi connectivity index (χ1) is 11.8. The summed E-state index contributed by atoms with van der Waals surface area (Å²) in [5.41, 5.74) is 0.312. The quantitative estimate of drug-likeness (QED) is 0.555. The molecule has 1 saturated heterocycles. The molecule has 134 valence electrons. The van der Waals surface area contributed by atoms with E-state index in [2.05, 4.69) is 10.6 Å². The van der Waals surface area contributed by atoms with Crippen molar-refractivity contribution in [3.8, 4) is 0 Å². The van der Waals surface area contributed by atoms with E-state index in [-0.39, 0.29) is 25.4 Å². The van der Waals surface area contributed by atoms with Gasteiger partial charge in [-0.25, -0.2) is 9.18 Å². The zero-order chi connectivity index (χ0) is 18.6. The number of carbonyl (C=O) groups excluding carboxylic acids is 4. The molecule has 0 aliphatic carbocycles. The smallest absolute Gasteiger partial charge is 0.326 e. The second-order valence-corrected chi connectivity index (χ2v) is 5.62. The average Bonchev–Trinajstić information content (AvgIpc) is 2.77. The summed E-state index contributed by atoms with van der Waals surface area (Å²) in [5, 5.41) is 5.16. The first kappa shape index (κ1) is 18.4. The Hall–Kier alpha value is -2.97. The van der Waals surface area contributed by atoms with Gasteiger partial charge in [-0.05, 0) is 24.3 Å². The predicted molar refractivity (Wildman–Crippen MR) is 86.1 cm³/mol. The lowest BCUT2D eigenvalue weighted by Gasteiger charge is -2.15. The van der Waals surface area contributed by atoms with Gasteiger partial charge in [-0.15, -0.1) is 0 Å². The molecule has 1 atom stereocenters. The van der Waals surface area contributed by atoms with E-state index < -0.39 is 29.7 Å². The van der Waals surface area contributed by atoms with Gasteiger partial charge in [0.05, 0.1) is 6.42 Å². The van der Waals surface area contributed by atoms with Crippen LogP contribution in [0.5, 0.6) is 0 Å². The van der Waals surface area contributed by atoms with Crippen LogP contribution in [0, 0.1) is 5.82 Å². The zero-order valence-electron chi connectivity index (χ0n) is 13.9. The Bertz CT molecular complexity index is 692. The summed E-state index contributed by atoms with van der Waals surface area (Å²) in [5.74, 6) is -1.64. The Kier molecular flexibility index (Phi) is 5.68. The number of halogens is 1. The zero-order valence-corrected chi connectivity index (χ0v) is 13.9. The van der Waals surface area contributed by atoms with Gasteiger partial charge in [-0.2, -0.15) is 0 Å². The van der Waals surface area contributed by atoms with Gasteiger partial charge in [0.2, 0.25) is 5.91 Å². The van der Waals surface area contributed by atoms with E-state index in [0.717, 1.165) is 4.90 Å². The Balaban J connectivity index is 1.72. The van der Waals surface area contributed by atoms with E-state index in [1.807, 2.05) is 0 Å². The lowest BCUT2D eigenvalue weighted by atomic mass is 10.2. The number of hydrogen-bond acceptors (Lipinski definition) is 4. The van der Waals surface area contributed by atoms with E-state index in [4.69, 9.17) is 0 Å². The normalized spacial score (nSPS) is 17.0. The number of benzene rings is 1. The van der Waals surface area contributed by atoms with E-state index in [1.54, 1.807) is 0 Å². The standard InChI is InChI=1S/C16H19FN4O4/c1-20-12(15(24)21(2)16(20)25)9-13(22)18-7-8-19-14(23)10-3-5-11(17)6-4-10/h3-6,12H,7-9H2,1-2H3,(H,18,22)(H,19,23). The summed E-state index contributed by atoms with van der Waals surface area (Å²) in [6, 6.07) is 3.82. The summed E-state index contributed by atoms with van der Waals surface area (Å²) in [7, 11) is 2.83. The molecule has 1 fully saturated rings. The second kappa shape index (κ2) is 7.73. The molecule has 25 heavy (non-hydrogen) atoms. The lowest BCUT2D eigenvalue weighted by Crippen LogP contribution is -2.40.